The first kappa shape index (κ1) is 21.4. The van der Waals surface area contributed by atoms with Crippen LogP contribution >= 0.6 is 15.9 Å². The maximum atomic E-state index is 13.4. The Balaban J connectivity index is 1.57. The van der Waals surface area contributed by atoms with Gasteiger partial charge >= 0.3 is 0 Å². The van der Waals surface area contributed by atoms with Gasteiger partial charge in [0.2, 0.25) is 11.8 Å². The van der Waals surface area contributed by atoms with Crippen LogP contribution in [0.15, 0.2) is 33.2 Å². The Bertz CT molecular complexity index is 1310. The lowest BCUT2D eigenvalue weighted by molar-refractivity contribution is -0.126. The van der Waals surface area contributed by atoms with Crippen LogP contribution in [0.5, 0.6) is 11.5 Å². The van der Waals surface area contributed by atoms with Crippen LogP contribution < -0.4 is 14.8 Å². The Morgan fingerprint density at radius 3 is 2.67 bits per heavy atom. The van der Waals surface area contributed by atoms with Gasteiger partial charge in [0.1, 0.15) is 16.7 Å². The molecule has 170 valence electrons. The number of nitrogens with zero attached hydrogens (tertiary/aromatic N) is 2. The summed E-state index contributed by atoms with van der Waals surface area (Å²) < 4.78 is 17.6. The summed E-state index contributed by atoms with van der Waals surface area (Å²) in [4.78, 5) is 44.8. The standard InChI is InChI=1S/C23H20BrN3O6/c1-11-13(24)6-16-14(25-11)7-17(33-16)23(8-18(28)26-22(23)30)10-27-9-12-4-5-15(31-2)20(32-3)19(12)21(27)29/h4-7H,8-10H2,1-3H3,(H,26,28,30)/t23-/m1/s1. The number of fused-ring (bicyclic) bond motifs is 2. The fourth-order valence-electron chi connectivity index (χ4n) is 4.55. The van der Waals surface area contributed by atoms with Gasteiger partial charge in [-0.3, -0.25) is 19.7 Å². The predicted molar refractivity (Wildman–Crippen MR) is 120 cm³/mol. The number of furan rings is 1. The van der Waals surface area contributed by atoms with Crippen molar-refractivity contribution in [1.29, 1.82) is 0 Å². The van der Waals surface area contributed by atoms with Crippen LogP contribution in [-0.4, -0.2) is 48.4 Å². The number of nitrogens with one attached hydrogen (secondary N) is 1. The molecule has 0 unspecified atom stereocenters. The van der Waals surface area contributed by atoms with Gasteiger partial charge in [-0.05, 0) is 40.5 Å². The van der Waals surface area contributed by atoms with Crippen LogP contribution in [0.1, 0.15) is 33.8 Å². The van der Waals surface area contributed by atoms with Crippen molar-refractivity contribution < 1.29 is 28.3 Å². The van der Waals surface area contributed by atoms with E-state index in [-0.39, 0.29) is 25.4 Å². The van der Waals surface area contributed by atoms with Gasteiger partial charge < -0.3 is 18.8 Å². The quantitative estimate of drug-likeness (QED) is 0.522. The van der Waals surface area contributed by atoms with E-state index < -0.39 is 17.2 Å². The average Bonchev–Trinajstić information content (AvgIpc) is 3.42. The van der Waals surface area contributed by atoms with Crippen LogP contribution in [-0.2, 0) is 21.5 Å². The SMILES string of the molecule is COc1ccc2c(c1OC)C(=O)N(C[C@@]1(c3cc4nc(C)c(Br)cc4o3)CC(=O)NC1=O)C2. The van der Waals surface area contributed by atoms with Crippen LogP contribution in [0.25, 0.3) is 11.1 Å². The van der Waals surface area contributed by atoms with Crippen molar-refractivity contribution >= 4 is 44.8 Å². The lowest BCUT2D eigenvalue weighted by Gasteiger charge is -2.28. The number of rotatable bonds is 5. The number of methoxy groups -OCH3 is 2. The Morgan fingerprint density at radius 2 is 2.00 bits per heavy atom. The molecule has 2 aliphatic heterocycles. The van der Waals surface area contributed by atoms with Crippen molar-refractivity contribution in [2.45, 2.75) is 25.3 Å². The van der Waals surface area contributed by atoms with Gasteiger partial charge in [-0.15, -0.1) is 0 Å². The number of ether oxygens (including phenoxy) is 2. The second-order valence-electron chi connectivity index (χ2n) is 8.18. The third-order valence-corrected chi connectivity index (χ3v) is 7.01. The normalized spacial score (nSPS) is 19.9. The third-order valence-electron chi connectivity index (χ3n) is 6.21. The maximum absolute atomic E-state index is 13.4. The number of hydrogen-bond donors (Lipinski definition) is 1. The zero-order valence-corrected chi connectivity index (χ0v) is 19.7. The van der Waals surface area contributed by atoms with E-state index in [0.29, 0.717) is 33.9 Å². The molecule has 1 atom stereocenters. The third kappa shape index (κ3) is 3.19. The number of aryl methyl sites for hydroxylation is 1. The molecule has 0 bridgehead atoms. The van der Waals surface area contributed by atoms with Crippen molar-refractivity contribution in [1.82, 2.24) is 15.2 Å². The topological polar surface area (TPSA) is 111 Å². The number of pyridine rings is 1. The molecule has 0 saturated carbocycles. The van der Waals surface area contributed by atoms with Crippen LogP contribution in [0.4, 0.5) is 0 Å². The molecule has 3 aromatic rings. The summed E-state index contributed by atoms with van der Waals surface area (Å²) in [5.41, 5.74) is 1.59. The van der Waals surface area contributed by atoms with Gasteiger partial charge in [0, 0.05) is 23.6 Å². The summed E-state index contributed by atoms with van der Waals surface area (Å²) in [6.07, 6.45) is -0.133. The summed E-state index contributed by atoms with van der Waals surface area (Å²) in [6, 6.07) is 6.98. The van der Waals surface area contributed by atoms with Gasteiger partial charge in [0.05, 0.1) is 31.9 Å². The number of carbonyl (C=O) groups is 3. The Hall–Kier alpha value is -3.40. The number of carbonyl (C=O) groups excluding carboxylic acids is 3. The van der Waals surface area contributed by atoms with E-state index in [9.17, 15) is 14.4 Å². The summed E-state index contributed by atoms with van der Waals surface area (Å²) in [5.74, 6) is -0.153. The molecular weight excluding hydrogens is 494 g/mol. The molecule has 1 aromatic carbocycles. The van der Waals surface area contributed by atoms with Gasteiger partial charge in [-0.2, -0.15) is 0 Å². The van der Waals surface area contributed by atoms with Crippen molar-refractivity contribution in [3.05, 3.63) is 51.3 Å². The van der Waals surface area contributed by atoms with Crippen LogP contribution in [0.2, 0.25) is 0 Å². The smallest absolute Gasteiger partial charge is 0.258 e. The van der Waals surface area contributed by atoms with E-state index in [1.54, 1.807) is 24.3 Å². The highest BCUT2D eigenvalue weighted by Crippen LogP contribution is 2.42. The lowest BCUT2D eigenvalue weighted by atomic mass is 9.82. The molecule has 0 spiro atoms. The van der Waals surface area contributed by atoms with E-state index in [1.807, 2.05) is 6.92 Å². The molecule has 1 N–H and O–H groups in total. The fourth-order valence-corrected chi connectivity index (χ4v) is 4.84. The van der Waals surface area contributed by atoms with Crippen LogP contribution in [0.3, 0.4) is 0 Å². The molecule has 2 aliphatic rings. The number of imide groups is 1. The molecular formula is C23H20BrN3O6. The molecule has 0 radical (unpaired) electrons. The fraction of sp³-hybridized carbons (Fsp3) is 0.304. The minimum atomic E-state index is -1.37. The molecule has 10 heteroatoms. The first-order valence-electron chi connectivity index (χ1n) is 10.2. The number of amides is 3. The number of benzene rings is 1. The van der Waals surface area contributed by atoms with Crippen molar-refractivity contribution in [2.75, 3.05) is 20.8 Å². The molecule has 4 heterocycles. The summed E-state index contributed by atoms with van der Waals surface area (Å²) in [7, 11) is 2.97. The molecule has 1 saturated heterocycles. The number of aromatic nitrogens is 1. The van der Waals surface area contributed by atoms with Crippen LogP contribution in [0, 0.1) is 6.92 Å². The Labute approximate surface area is 197 Å². The van der Waals surface area contributed by atoms with E-state index >= 15 is 0 Å². The van der Waals surface area contributed by atoms with Gasteiger partial charge in [0.25, 0.3) is 5.91 Å². The number of hydrogen-bond acceptors (Lipinski definition) is 7. The van der Waals surface area contributed by atoms with Gasteiger partial charge in [0.15, 0.2) is 17.1 Å². The molecule has 9 nitrogen and oxygen atoms in total. The second kappa shape index (κ2) is 7.58. The zero-order valence-electron chi connectivity index (χ0n) is 18.2. The van der Waals surface area contributed by atoms with Crippen molar-refractivity contribution in [3.8, 4) is 11.5 Å². The first-order chi connectivity index (χ1) is 15.8. The molecule has 1 fully saturated rings. The van der Waals surface area contributed by atoms with Gasteiger partial charge in [-0.25, -0.2) is 4.98 Å². The molecule has 0 aliphatic carbocycles. The summed E-state index contributed by atoms with van der Waals surface area (Å²) in [6.45, 7) is 2.07. The first-order valence-corrected chi connectivity index (χ1v) is 11.0. The predicted octanol–water partition coefficient (Wildman–Crippen LogP) is 2.86. The minimum Gasteiger partial charge on any atom is -0.493 e. The minimum absolute atomic E-state index is 0.0382. The highest BCUT2D eigenvalue weighted by atomic mass is 79.9. The molecule has 33 heavy (non-hydrogen) atoms. The zero-order chi connectivity index (χ0) is 23.5. The molecule has 2 aromatic heterocycles. The summed E-state index contributed by atoms with van der Waals surface area (Å²) >= 11 is 3.43. The molecule has 5 rings (SSSR count). The molecule has 3 amide bonds. The maximum Gasteiger partial charge on any atom is 0.258 e. The average molecular weight is 514 g/mol. The summed E-state index contributed by atoms with van der Waals surface area (Å²) in [5, 5.41) is 2.37. The lowest BCUT2D eigenvalue weighted by Crippen LogP contribution is -2.46. The highest BCUT2D eigenvalue weighted by Gasteiger charge is 2.53. The second-order valence-corrected chi connectivity index (χ2v) is 9.04. The monoisotopic (exact) mass is 513 g/mol. The number of halogens is 1. The highest BCUT2D eigenvalue weighted by molar-refractivity contribution is 9.10. The van der Waals surface area contributed by atoms with E-state index in [4.69, 9.17) is 13.9 Å². The van der Waals surface area contributed by atoms with E-state index in [1.165, 1.54) is 19.1 Å². The van der Waals surface area contributed by atoms with E-state index in [2.05, 4.69) is 26.2 Å². The van der Waals surface area contributed by atoms with Crippen molar-refractivity contribution in [3.63, 3.8) is 0 Å². The van der Waals surface area contributed by atoms with Crippen molar-refractivity contribution in [2.24, 2.45) is 0 Å². The largest absolute Gasteiger partial charge is 0.493 e. The Morgan fingerprint density at radius 1 is 1.21 bits per heavy atom. The van der Waals surface area contributed by atoms with E-state index in [0.717, 1.165) is 15.7 Å². The Kier molecular flexibility index (Phi) is 4.93. The van der Waals surface area contributed by atoms with Gasteiger partial charge in [-0.1, -0.05) is 6.07 Å².